The molecule has 0 atom stereocenters. The van der Waals surface area contributed by atoms with Crippen molar-refractivity contribution in [1.29, 1.82) is 0 Å². The van der Waals surface area contributed by atoms with Crippen LogP contribution in [0.1, 0.15) is 30.1 Å². The molecule has 3 N–H and O–H groups in total. The molecule has 1 aromatic heterocycles. The lowest BCUT2D eigenvalue weighted by atomic mass is 10.1. The van der Waals surface area contributed by atoms with Crippen molar-refractivity contribution in [2.75, 3.05) is 24.8 Å². The van der Waals surface area contributed by atoms with E-state index in [1.807, 2.05) is 0 Å². The third kappa shape index (κ3) is 6.25. The molecule has 0 radical (unpaired) electrons. The number of carbonyl (C=O) groups excluding carboxylic acids is 2. The molecule has 8 heteroatoms. The van der Waals surface area contributed by atoms with Gasteiger partial charge in [-0.25, -0.2) is 4.98 Å². The van der Waals surface area contributed by atoms with E-state index in [4.69, 9.17) is 15.2 Å². The van der Waals surface area contributed by atoms with E-state index in [0.717, 1.165) is 0 Å². The number of hydrogen-bond acceptors (Lipinski definition) is 6. The van der Waals surface area contributed by atoms with Crippen LogP contribution >= 0.6 is 12.4 Å². The van der Waals surface area contributed by atoms with Crippen LogP contribution in [0.15, 0.2) is 36.5 Å². The molecule has 140 valence electrons. The Morgan fingerprint density at radius 3 is 2.58 bits per heavy atom. The van der Waals surface area contributed by atoms with Crippen LogP contribution in [0, 0.1) is 0 Å². The number of nitrogens with one attached hydrogen (secondary N) is 1. The maximum atomic E-state index is 11.9. The van der Waals surface area contributed by atoms with Gasteiger partial charge in [-0.2, -0.15) is 0 Å². The lowest BCUT2D eigenvalue weighted by Gasteiger charge is -2.11. The summed E-state index contributed by atoms with van der Waals surface area (Å²) in [5, 5.41) is 2.74. The summed E-state index contributed by atoms with van der Waals surface area (Å²) >= 11 is 0. The number of rotatable bonds is 8. The van der Waals surface area contributed by atoms with Crippen LogP contribution in [0.3, 0.4) is 0 Å². The van der Waals surface area contributed by atoms with Gasteiger partial charge in [0.1, 0.15) is 5.82 Å². The lowest BCUT2D eigenvalue weighted by Crippen LogP contribution is -2.13. The van der Waals surface area contributed by atoms with Crippen molar-refractivity contribution in [3.8, 4) is 11.5 Å². The summed E-state index contributed by atoms with van der Waals surface area (Å²) in [4.78, 5) is 27.1. The number of Topliss-reactive ketones (excluding diaryl/α,β-unsaturated/α-hetero) is 1. The molecule has 7 nitrogen and oxygen atoms in total. The Morgan fingerprint density at radius 2 is 1.96 bits per heavy atom. The highest BCUT2D eigenvalue weighted by molar-refractivity contribution is 5.94. The van der Waals surface area contributed by atoms with E-state index < -0.39 is 0 Å². The van der Waals surface area contributed by atoms with Gasteiger partial charge >= 0.3 is 0 Å². The fraction of sp³-hybridized carbons (Fsp3) is 0.278. The summed E-state index contributed by atoms with van der Waals surface area (Å²) in [7, 11) is 1.51. The number of hydrogen-bond donors (Lipinski definition) is 2. The Labute approximate surface area is 158 Å². The number of ketones is 1. The first kappa shape index (κ1) is 21.2. The Bertz CT molecular complexity index is 751. The molecule has 1 aromatic carbocycles. The number of aromatic nitrogens is 1. The largest absolute Gasteiger partial charge is 0.493 e. The zero-order chi connectivity index (χ0) is 18.2. The number of benzene rings is 1. The minimum absolute atomic E-state index is 0. The van der Waals surface area contributed by atoms with Gasteiger partial charge in [0.15, 0.2) is 17.3 Å². The molecule has 0 saturated carbocycles. The van der Waals surface area contributed by atoms with E-state index in [2.05, 4.69) is 10.3 Å². The van der Waals surface area contributed by atoms with Crippen molar-refractivity contribution in [2.45, 2.75) is 19.8 Å². The molecule has 0 spiro atoms. The quantitative estimate of drug-likeness (QED) is 0.539. The molecule has 2 rings (SSSR count). The summed E-state index contributed by atoms with van der Waals surface area (Å²) in [6, 6.07) is 8.32. The standard InChI is InChI=1S/C18H21N3O4.ClH/c1-12(22)13-5-7-15(16(10-13)24-2)25-9-3-4-18(23)21-14-6-8-17(19)20-11-14;/h5-8,10-11H,3-4,9H2,1-2H3,(H2,19,20)(H,21,23);1H. The first-order chi connectivity index (χ1) is 12.0. The first-order valence-electron chi connectivity index (χ1n) is 7.82. The Hall–Kier alpha value is -2.80. The van der Waals surface area contributed by atoms with Gasteiger partial charge in [-0.05, 0) is 43.7 Å². The van der Waals surface area contributed by atoms with Gasteiger partial charge in [0.2, 0.25) is 5.91 Å². The Kier molecular flexibility index (Phi) is 8.37. The van der Waals surface area contributed by atoms with Crippen LogP contribution in [0.25, 0.3) is 0 Å². The third-order valence-corrected chi connectivity index (χ3v) is 3.45. The monoisotopic (exact) mass is 379 g/mol. The van der Waals surface area contributed by atoms with Gasteiger partial charge in [-0.3, -0.25) is 9.59 Å². The SMILES string of the molecule is COc1cc(C(C)=O)ccc1OCCCC(=O)Nc1ccc(N)nc1.Cl. The van der Waals surface area contributed by atoms with E-state index in [9.17, 15) is 9.59 Å². The molecule has 1 heterocycles. The normalized spacial score (nSPS) is 9.77. The summed E-state index contributed by atoms with van der Waals surface area (Å²) in [5.41, 5.74) is 6.65. The highest BCUT2D eigenvalue weighted by Gasteiger charge is 2.09. The van der Waals surface area contributed by atoms with E-state index in [1.165, 1.54) is 20.2 Å². The maximum absolute atomic E-state index is 11.9. The minimum atomic E-state index is -0.130. The van der Waals surface area contributed by atoms with Gasteiger partial charge in [0.25, 0.3) is 0 Å². The number of nitrogens with two attached hydrogens (primary N) is 1. The number of methoxy groups -OCH3 is 1. The van der Waals surface area contributed by atoms with Gasteiger partial charge in [-0.1, -0.05) is 0 Å². The molecule has 0 aliphatic heterocycles. The van der Waals surface area contributed by atoms with Crippen LogP contribution in [0.4, 0.5) is 11.5 Å². The number of amides is 1. The molecule has 0 bridgehead atoms. The molecular weight excluding hydrogens is 358 g/mol. The molecule has 0 fully saturated rings. The second-order valence-corrected chi connectivity index (χ2v) is 5.39. The third-order valence-electron chi connectivity index (χ3n) is 3.45. The second kappa shape index (κ2) is 10.2. The topological polar surface area (TPSA) is 104 Å². The number of ether oxygens (including phenoxy) is 2. The predicted octanol–water partition coefficient (Wildman–Crippen LogP) is 3.09. The lowest BCUT2D eigenvalue weighted by molar-refractivity contribution is -0.116. The summed E-state index contributed by atoms with van der Waals surface area (Å²) in [6.07, 6.45) is 2.34. The van der Waals surface area contributed by atoms with E-state index in [0.29, 0.717) is 48.0 Å². The highest BCUT2D eigenvalue weighted by atomic mass is 35.5. The number of halogens is 1. The summed E-state index contributed by atoms with van der Waals surface area (Å²) in [6.45, 7) is 1.84. The second-order valence-electron chi connectivity index (χ2n) is 5.39. The van der Waals surface area contributed by atoms with Crippen LogP contribution < -0.4 is 20.5 Å². The fourth-order valence-corrected chi connectivity index (χ4v) is 2.12. The van der Waals surface area contributed by atoms with E-state index >= 15 is 0 Å². The number of anilines is 2. The Morgan fingerprint density at radius 1 is 1.19 bits per heavy atom. The molecule has 0 aliphatic rings. The zero-order valence-electron chi connectivity index (χ0n) is 14.7. The fourth-order valence-electron chi connectivity index (χ4n) is 2.12. The average Bonchev–Trinajstić information content (AvgIpc) is 2.60. The van der Waals surface area contributed by atoms with Crippen molar-refractivity contribution >= 4 is 35.6 Å². The van der Waals surface area contributed by atoms with Crippen molar-refractivity contribution in [1.82, 2.24) is 4.98 Å². The number of nitrogen functional groups attached to an aromatic ring is 1. The molecule has 0 aliphatic carbocycles. The van der Waals surface area contributed by atoms with Crippen LogP contribution in [0.2, 0.25) is 0 Å². The Balaban J connectivity index is 0.00000338. The highest BCUT2D eigenvalue weighted by Crippen LogP contribution is 2.28. The van der Waals surface area contributed by atoms with Gasteiger partial charge in [0, 0.05) is 12.0 Å². The van der Waals surface area contributed by atoms with E-state index in [-0.39, 0.29) is 24.1 Å². The van der Waals surface area contributed by atoms with Crippen molar-refractivity contribution < 1.29 is 19.1 Å². The van der Waals surface area contributed by atoms with Crippen LogP contribution in [-0.4, -0.2) is 30.4 Å². The minimum Gasteiger partial charge on any atom is -0.493 e. The van der Waals surface area contributed by atoms with Gasteiger partial charge in [-0.15, -0.1) is 12.4 Å². The molecule has 0 unspecified atom stereocenters. The van der Waals surface area contributed by atoms with Crippen LogP contribution in [0.5, 0.6) is 11.5 Å². The molecule has 0 saturated heterocycles. The summed E-state index contributed by atoms with van der Waals surface area (Å²) < 4.78 is 10.9. The number of pyridine rings is 1. The molecule has 1 amide bonds. The first-order valence-corrected chi connectivity index (χ1v) is 7.82. The van der Waals surface area contributed by atoms with Crippen LogP contribution in [-0.2, 0) is 4.79 Å². The maximum Gasteiger partial charge on any atom is 0.224 e. The van der Waals surface area contributed by atoms with Gasteiger partial charge in [0.05, 0.1) is 25.6 Å². The number of nitrogens with zero attached hydrogens (tertiary/aromatic N) is 1. The molecular formula is C18H22ClN3O4. The molecule has 26 heavy (non-hydrogen) atoms. The summed E-state index contributed by atoms with van der Waals surface area (Å²) in [5.74, 6) is 1.25. The zero-order valence-corrected chi connectivity index (χ0v) is 15.5. The molecule has 2 aromatic rings. The average molecular weight is 380 g/mol. The number of carbonyl (C=O) groups is 2. The smallest absolute Gasteiger partial charge is 0.224 e. The van der Waals surface area contributed by atoms with E-state index in [1.54, 1.807) is 30.3 Å². The predicted molar refractivity (Wildman–Crippen MR) is 102 cm³/mol. The van der Waals surface area contributed by atoms with Gasteiger partial charge < -0.3 is 20.5 Å². The van der Waals surface area contributed by atoms with Crippen molar-refractivity contribution in [3.63, 3.8) is 0 Å². The van der Waals surface area contributed by atoms with Crippen molar-refractivity contribution in [3.05, 3.63) is 42.1 Å². The van der Waals surface area contributed by atoms with Crippen molar-refractivity contribution in [2.24, 2.45) is 0 Å².